The monoisotopic (exact) mass is 416 g/mol. The summed E-state index contributed by atoms with van der Waals surface area (Å²) in [5, 5.41) is 7.49. The molecule has 4 heteroatoms. The van der Waals surface area contributed by atoms with Crippen LogP contribution in [0.25, 0.3) is 0 Å². The van der Waals surface area contributed by atoms with E-state index in [4.69, 9.17) is 0 Å². The zero-order valence-corrected chi connectivity index (χ0v) is 19.4. The lowest BCUT2D eigenvalue weighted by molar-refractivity contribution is 0.431. The quantitative estimate of drug-likeness (QED) is 0.309. The molecule has 0 amide bonds. The molecular weight excluding hydrogens is 380 g/mol. The maximum absolute atomic E-state index is 3.74. The number of nitrogens with one attached hydrogen (secondary N) is 2. The minimum Gasteiger partial charge on any atom is -0.309 e. The van der Waals surface area contributed by atoms with E-state index < -0.39 is 0 Å². The first-order valence-electron chi connectivity index (χ1n) is 10.3. The molecule has 0 saturated heterocycles. The predicted octanol–water partition coefficient (Wildman–Crippen LogP) is 6.00. The van der Waals surface area contributed by atoms with Gasteiger partial charge < -0.3 is 10.6 Å². The van der Waals surface area contributed by atoms with Crippen molar-refractivity contribution >= 4 is 21.6 Å². The van der Waals surface area contributed by atoms with Crippen molar-refractivity contribution in [1.29, 1.82) is 0 Å². The van der Waals surface area contributed by atoms with E-state index in [0.29, 0.717) is 23.9 Å². The summed E-state index contributed by atoms with van der Waals surface area (Å²) >= 11 is 0. The fourth-order valence-corrected chi connectivity index (χ4v) is 5.85. The third-order valence-corrected chi connectivity index (χ3v) is 7.48. The first kappa shape index (κ1) is 23.3. The average Bonchev–Trinajstić information content (AvgIpc) is 2.70. The van der Waals surface area contributed by atoms with Crippen LogP contribution >= 0.6 is 21.6 Å². The van der Waals surface area contributed by atoms with E-state index in [1.807, 2.05) is 21.6 Å². The first-order valence-corrected chi connectivity index (χ1v) is 12.8. The Labute approximate surface area is 180 Å². The van der Waals surface area contributed by atoms with Crippen molar-refractivity contribution in [1.82, 2.24) is 10.6 Å². The third-order valence-electron chi connectivity index (χ3n) is 5.01. The van der Waals surface area contributed by atoms with Gasteiger partial charge in [0, 0.05) is 36.7 Å². The lowest BCUT2D eigenvalue weighted by Gasteiger charge is -2.24. The van der Waals surface area contributed by atoms with Crippen LogP contribution in [0.15, 0.2) is 60.7 Å². The highest BCUT2D eigenvalue weighted by Crippen LogP contribution is 2.26. The largest absolute Gasteiger partial charge is 0.309 e. The first-order chi connectivity index (χ1) is 13.6. The summed E-state index contributed by atoms with van der Waals surface area (Å²) in [4.78, 5) is 0. The Morgan fingerprint density at radius 1 is 0.607 bits per heavy atom. The van der Waals surface area contributed by atoms with Crippen molar-refractivity contribution in [2.75, 3.05) is 11.5 Å². The summed E-state index contributed by atoms with van der Waals surface area (Å²) in [6.07, 6.45) is 0. The van der Waals surface area contributed by atoms with Crippen LogP contribution < -0.4 is 10.6 Å². The molecule has 2 rings (SSSR count). The van der Waals surface area contributed by atoms with Crippen molar-refractivity contribution in [3.63, 3.8) is 0 Å². The Bertz CT molecular complexity index is 574. The molecule has 28 heavy (non-hydrogen) atoms. The molecular formula is C24H36N2S2. The Balaban J connectivity index is 1.70. The number of hydrogen-bond acceptors (Lipinski definition) is 4. The minimum absolute atomic E-state index is 0.535. The van der Waals surface area contributed by atoms with E-state index in [-0.39, 0.29) is 0 Å². The van der Waals surface area contributed by atoms with E-state index in [1.165, 1.54) is 11.1 Å². The van der Waals surface area contributed by atoms with E-state index in [9.17, 15) is 0 Å². The normalized spacial score (nSPS) is 13.8. The third kappa shape index (κ3) is 9.04. The molecule has 154 valence electrons. The Morgan fingerprint density at radius 3 is 1.29 bits per heavy atom. The molecule has 0 bridgehead atoms. The van der Waals surface area contributed by atoms with E-state index in [1.54, 1.807) is 0 Å². The Hall–Kier alpha value is -0.940. The molecule has 2 nitrogen and oxygen atoms in total. The highest BCUT2D eigenvalue weighted by molar-refractivity contribution is 8.76. The number of hydrogen-bond donors (Lipinski definition) is 2. The highest BCUT2D eigenvalue weighted by Gasteiger charge is 2.16. The lowest BCUT2D eigenvalue weighted by Crippen LogP contribution is -2.36. The van der Waals surface area contributed by atoms with Gasteiger partial charge in [0.2, 0.25) is 0 Å². The van der Waals surface area contributed by atoms with Crippen LogP contribution in [0, 0.1) is 11.8 Å². The van der Waals surface area contributed by atoms with Crippen molar-refractivity contribution in [2.45, 2.75) is 52.9 Å². The molecule has 0 saturated carbocycles. The molecule has 0 unspecified atom stereocenters. The molecule has 0 heterocycles. The van der Waals surface area contributed by atoms with Crippen LogP contribution in [0.3, 0.4) is 0 Å². The predicted molar refractivity (Wildman–Crippen MR) is 129 cm³/mol. The molecule has 0 aliphatic rings. The Kier molecular flexibility index (Phi) is 11.1. The van der Waals surface area contributed by atoms with Crippen LogP contribution in [0.2, 0.25) is 0 Å². The van der Waals surface area contributed by atoms with Gasteiger partial charge in [-0.15, -0.1) is 0 Å². The molecule has 2 aromatic rings. The number of rotatable bonds is 13. The standard InChI is InChI=1S/C24H36N2S2/c1-19(2)23(25-15-21-11-7-5-8-12-21)17-27-28-18-24(20(3)4)26-16-22-13-9-6-10-14-22/h5-14,19-20,23-26H,15-18H2,1-4H3/t23-,24-/m1/s1. The molecule has 2 aromatic carbocycles. The SMILES string of the molecule is CC(C)[C@@H](CSSC[C@@H](NCc1ccccc1)C(C)C)NCc1ccccc1. The van der Waals surface area contributed by atoms with Crippen LogP contribution in [-0.2, 0) is 13.1 Å². The van der Waals surface area contributed by atoms with Gasteiger partial charge in [-0.1, -0.05) is 110 Å². The topological polar surface area (TPSA) is 24.1 Å². The zero-order chi connectivity index (χ0) is 20.2. The van der Waals surface area contributed by atoms with Crippen LogP contribution in [0.5, 0.6) is 0 Å². The summed E-state index contributed by atoms with van der Waals surface area (Å²) in [6.45, 7) is 11.1. The molecule has 0 aromatic heterocycles. The van der Waals surface area contributed by atoms with Crippen LogP contribution in [0.4, 0.5) is 0 Å². The van der Waals surface area contributed by atoms with Gasteiger partial charge in [-0.05, 0) is 23.0 Å². The summed E-state index contributed by atoms with van der Waals surface area (Å²) < 4.78 is 0. The van der Waals surface area contributed by atoms with Gasteiger partial charge in [-0.2, -0.15) is 0 Å². The molecule has 0 radical (unpaired) electrons. The molecule has 2 N–H and O–H groups in total. The number of benzene rings is 2. The second-order valence-corrected chi connectivity index (χ2v) is 10.6. The molecule has 0 spiro atoms. The second kappa shape index (κ2) is 13.3. The fraction of sp³-hybridized carbons (Fsp3) is 0.500. The molecule has 2 atom stereocenters. The highest BCUT2D eigenvalue weighted by atomic mass is 33.1. The van der Waals surface area contributed by atoms with Crippen molar-refractivity contribution in [3.05, 3.63) is 71.8 Å². The maximum Gasteiger partial charge on any atom is 0.0208 e. The van der Waals surface area contributed by atoms with Gasteiger partial charge in [0.15, 0.2) is 0 Å². The molecule has 0 aliphatic heterocycles. The zero-order valence-electron chi connectivity index (χ0n) is 17.7. The summed E-state index contributed by atoms with van der Waals surface area (Å²) in [5.74, 6) is 3.54. The fourth-order valence-electron chi connectivity index (χ4n) is 2.91. The van der Waals surface area contributed by atoms with Crippen LogP contribution in [0.1, 0.15) is 38.8 Å². The Morgan fingerprint density at radius 2 is 0.964 bits per heavy atom. The van der Waals surface area contributed by atoms with Crippen molar-refractivity contribution < 1.29 is 0 Å². The molecule has 0 aliphatic carbocycles. The van der Waals surface area contributed by atoms with Gasteiger partial charge in [0.1, 0.15) is 0 Å². The second-order valence-electron chi connectivity index (χ2n) is 8.00. The van der Waals surface area contributed by atoms with Crippen LogP contribution in [-0.4, -0.2) is 23.6 Å². The van der Waals surface area contributed by atoms with Gasteiger partial charge in [0.25, 0.3) is 0 Å². The van der Waals surface area contributed by atoms with Gasteiger partial charge in [0.05, 0.1) is 0 Å². The van der Waals surface area contributed by atoms with Gasteiger partial charge in [-0.25, -0.2) is 0 Å². The maximum atomic E-state index is 3.74. The van der Waals surface area contributed by atoms with E-state index >= 15 is 0 Å². The lowest BCUT2D eigenvalue weighted by atomic mass is 10.1. The van der Waals surface area contributed by atoms with E-state index in [2.05, 4.69) is 99.0 Å². The summed E-state index contributed by atoms with van der Waals surface area (Å²) in [5.41, 5.74) is 2.71. The summed E-state index contributed by atoms with van der Waals surface area (Å²) in [6, 6.07) is 22.4. The minimum atomic E-state index is 0.535. The van der Waals surface area contributed by atoms with E-state index in [0.717, 1.165) is 24.6 Å². The van der Waals surface area contributed by atoms with Crippen molar-refractivity contribution in [3.8, 4) is 0 Å². The van der Waals surface area contributed by atoms with Gasteiger partial charge >= 0.3 is 0 Å². The van der Waals surface area contributed by atoms with Crippen molar-refractivity contribution in [2.24, 2.45) is 11.8 Å². The average molecular weight is 417 g/mol. The van der Waals surface area contributed by atoms with Gasteiger partial charge in [-0.3, -0.25) is 0 Å². The summed E-state index contributed by atoms with van der Waals surface area (Å²) in [7, 11) is 4.01. The molecule has 0 fully saturated rings. The smallest absolute Gasteiger partial charge is 0.0208 e.